The molecule has 1 aromatic rings. The Morgan fingerprint density at radius 2 is 2.40 bits per heavy atom. The number of hydrogen-bond acceptors (Lipinski definition) is 4. The molecule has 0 saturated heterocycles. The van der Waals surface area contributed by atoms with Crippen molar-refractivity contribution in [1.29, 1.82) is 0 Å². The molecule has 0 aromatic carbocycles. The molecule has 1 aromatic heterocycles. The van der Waals surface area contributed by atoms with Gasteiger partial charge in [0, 0.05) is 6.20 Å². The van der Waals surface area contributed by atoms with E-state index < -0.39 is 0 Å². The maximum atomic E-state index is 11.1. The maximum absolute atomic E-state index is 11.1. The van der Waals surface area contributed by atoms with E-state index in [9.17, 15) is 4.79 Å². The summed E-state index contributed by atoms with van der Waals surface area (Å²) in [7, 11) is 1.35. The van der Waals surface area contributed by atoms with Gasteiger partial charge in [0.15, 0.2) is 0 Å². The van der Waals surface area contributed by atoms with E-state index in [0.29, 0.717) is 5.56 Å². The molecule has 1 rings (SSSR count). The summed E-state index contributed by atoms with van der Waals surface area (Å²) in [5.74, 6) is 0.449. The van der Waals surface area contributed by atoms with Gasteiger partial charge in [0.05, 0.1) is 18.4 Å². The molecule has 0 spiro atoms. The zero-order valence-electron chi connectivity index (χ0n) is 8.51. The Morgan fingerprint density at radius 3 is 2.93 bits per heavy atom. The normalized spacial score (nSPS) is 10.5. The monoisotopic (exact) mass is 223 g/mol. The fourth-order valence-corrected chi connectivity index (χ4v) is 1.17. The highest BCUT2D eigenvalue weighted by Gasteiger charge is 2.03. The number of carbonyl (C=O) groups excluding carboxylic acids is 1. The van der Waals surface area contributed by atoms with Crippen molar-refractivity contribution >= 4 is 24.7 Å². The molecule has 0 N–H and O–H groups in total. The first-order valence-electron chi connectivity index (χ1n) is 4.59. The van der Waals surface area contributed by atoms with Gasteiger partial charge in [-0.25, -0.2) is 4.79 Å². The highest BCUT2D eigenvalue weighted by Crippen LogP contribution is 2.04. The summed E-state index contributed by atoms with van der Waals surface area (Å²) in [5.41, 5.74) is 1.29. The molecular formula is C11H13NO2S. The second-order valence-electron chi connectivity index (χ2n) is 2.88. The molecule has 3 nitrogen and oxygen atoms in total. The van der Waals surface area contributed by atoms with Crippen LogP contribution in [0.3, 0.4) is 0 Å². The lowest BCUT2D eigenvalue weighted by Crippen LogP contribution is -2.01. The van der Waals surface area contributed by atoms with Crippen LogP contribution in [0.15, 0.2) is 24.4 Å². The van der Waals surface area contributed by atoms with E-state index in [1.165, 1.54) is 13.3 Å². The highest BCUT2D eigenvalue weighted by molar-refractivity contribution is 7.80. The minimum Gasteiger partial charge on any atom is -0.465 e. The van der Waals surface area contributed by atoms with Crippen molar-refractivity contribution < 1.29 is 9.53 Å². The quantitative estimate of drug-likeness (QED) is 0.628. The fourth-order valence-electron chi connectivity index (χ4n) is 1.02. The van der Waals surface area contributed by atoms with Gasteiger partial charge in [0.1, 0.15) is 0 Å². The van der Waals surface area contributed by atoms with E-state index in [2.05, 4.69) is 22.3 Å². The van der Waals surface area contributed by atoms with Gasteiger partial charge in [-0.3, -0.25) is 4.98 Å². The summed E-state index contributed by atoms with van der Waals surface area (Å²) in [5, 5.41) is 0. The van der Waals surface area contributed by atoms with Gasteiger partial charge in [-0.1, -0.05) is 6.08 Å². The van der Waals surface area contributed by atoms with Crippen molar-refractivity contribution in [3.63, 3.8) is 0 Å². The van der Waals surface area contributed by atoms with Crippen LogP contribution >= 0.6 is 12.6 Å². The standard InChI is InChI=1S/C11H13NO2S/c1-14-11(13)9-5-6-10(12-8-9)4-2-3-7-15/h2,4-6,8,15H,3,7H2,1H3. The number of methoxy groups -OCH3 is 1. The molecule has 0 unspecified atom stereocenters. The van der Waals surface area contributed by atoms with Crippen LogP contribution in [0.1, 0.15) is 22.5 Å². The number of nitrogens with zero attached hydrogens (tertiary/aromatic N) is 1. The summed E-state index contributed by atoms with van der Waals surface area (Å²) in [4.78, 5) is 15.2. The fraction of sp³-hybridized carbons (Fsp3) is 0.273. The SMILES string of the molecule is COC(=O)c1ccc(C=CCCS)nc1. The predicted molar refractivity (Wildman–Crippen MR) is 63.1 cm³/mol. The predicted octanol–water partition coefficient (Wildman–Crippen LogP) is 2.20. The van der Waals surface area contributed by atoms with Crippen LogP contribution in [0.2, 0.25) is 0 Å². The molecule has 15 heavy (non-hydrogen) atoms. The van der Waals surface area contributed by atoms with E-state index in [4.69, 9.17) is 0 Å². The molecule has 0 amide bonds. The molecule has 80 valence electrons. The Labute approximate surface area is 94.6 Å². The third kappa shape index (κ3) is 3.75. The Kier molecular flexibility index (Phi) is 4.90. The Bertz CT molecular complexity index is 346. The number of ether oxygens (including phenoxy) is 1. The molecule has 1 heterocycles. The Morgan fingerprint density at radius 1 is 1.60 bits per heavy atom. The molecule has 0 fully saturated rings. The summed E-state index contributed by atoms with van der Waals surface area (Å²) < 4.78 is 4.57. The molecular weight excluding hydrogens is 210 g/mol. The number of esters is 1. The summed E-state index contributed by atoms with van der Waals surface area (Å²) in [6, 6.07) is 3.47. The molecule has 0 bridgehead atoms. The van der Waals surface area contributed by atoms with Gasteiger partial charge < -0.3 is 4.74 Å². The largest absolute Gasteiger partial charge is 0.465 e. The lowest BCUT2D eigenvalue weighted by molar-refractivity contribution is 0.0600. The average Bonchev–Trinajstić information content (AvgIpc) is 2.29. The van der Waals surface area contributed by atoms with Crippen LogP contribution in [0, 0.1) is 0 Å². The average molecular weight is 223 g/mol. The number of carbonyl (C=O) groups is 1. The first-order valence-corrected chi connectivity index (χ1v) is 5.23. The van der Waals surface area contributed by atoms with Gasteiger partial charge in [-0.2, -0.15) is 12.6 Å². The molecule has 0 saturated carbocycles. The second kappa shape index (κ2) is 6.24. The van der Waals surface area contributed by atoms with Crippen LogP contribution in [0.4, 0.5) is 0 Å². The number of pyridine rings is 1. The zero-order valence-corrected chi connectivity index (χ0v) is 9.41. The van der Waals surface area contributed by atoms with Crippen molar-refractivity contribution in [3.8, 4) is 0 Å². The van der Waals surface area contributed by atoms with Crippen molar-refractivity contribution in [2.24, 2.45) is 0 Å². The van der Waals surface area contributed by atoms with E-state index >= 15 is 0 Å². The Hall–Kier alpha value is -1.29. The van der Waals surface area contributed by atoms with Crippen LogP contribution in [-0.2, 0) is 4.74 Å². The highest BCUT2D eigenvalue weighted by atomic mass is 32.1. The number of hydrogen-bond donors (Lipinski definition) is 1. The molecule has 0 radical (unpaired) electrons. The van der Waals surface area contributed by atoms with Crippen LogP contribution in [0.5, 0.6) is 0 Å². The van der Waals surface area contributed by atoms with Gasteiger partial charge >= 0.3 is 5.97 Å². The first kappa shape index (κ1) is 11.8. The molecule has 0 aliphatic rings. The van der Waals surface area contributed by atoms with Gasteiger partial charge in [-0.15, -0.1) is 0 Å². The number of allylic oxidation sites excluding steroid dienone is 1. The number of rotatable bonds is 4. The van der Waals surface area contributed by atoms with E-state index in [0.717, 1.165) is 17.9 Å². The molecule has 0 aliphatic heterocycles. The topological polar surface area (TPSA) is 39.2 Å². The summed E-state index contributed by atoms with van der Waals surface area (Å²) >= 11 is 4.09. The lowest BCUT2D eigenvalue weighted by atomic mass is 10.2. The molecule has 0 aliphatic carbocycles. The van der Waals surface area contributed by atoms with Crippen molar-refractivity contribution in [2.45, 2.75) is 6.42 Å². The summed E-state index contributed by atoms with van der Waals surface area (Å²) in [6.45, 7) is 0. The van der Waals surface area contributed by atoms with Crippen molar-refractivity contribution in [3.05, 3.63) is 35.7 Å². The van der Waals surface area contributed by atoms with Crippen LogP contribution < -0.4 is 0 Å². The van der Waals surface area contributed by atoms with E-state index in [1.807, 2.05) is 12.2 Å². The van der Waals surface area contributed by atoms with Crippen LogP contribution in [0.25, 0.3) is 6.08 Å². The summed E-state index contributed by atoms with van der Waals surface area (Å²) in [6.07, 6.45) is 6.31. The minimum absolute atomic E-state index is 0.367. The van der Waals surface area contributed by atoms with Gasteiger partial charge in [0.25, 0.3) is 0 Å². The third-order valence-corrected chi connectivity index (χ3v) is 2.05. The lowest BCUT2D eigenvalue weighted by Gasteiger charge is -1.98. The second-order valence-corrected chi connectivity index (χ2v) is 3.33. The van der Waals surface area contributed by atoms with Crippen LogP contribution in [-0.4, -0.2) is 23.8 Å². The first-order chi connectivity index (χ1) is 7.27. The third-order valence-electron chi connectivity index (χ3n) is 1.79. The van der Waals surface area contributed by atoms with E-state index in [1.54, 1.807) is 12.1 Å². The molecule has 4 heteroatoms. The maximum Gasteiger partial charge on any atom is 0.339 e. The van der Waals surface area contributed by atoms with E-state index in [-0.39, 0.29) is 5.97 Å². The number of thiol groups is 1. The number of aromatic nitrogens is 1. The molecule has 0 atom stereocenters. The smallest absolute Gasteiger partial charge is 0.339 e. The minimum atomic E-state index is -0.367. The Balaban J connectivity index is 2.68. The van der Waals surface area contributed by atoms with Gasteiger partial charge in [0.2, 0.25) is 0 Å². The van der Waals surface area contributed by atoms with Crippen molar-refractivity contribution in [2.75, 3.05) is 12.9 Å². The van der Waals surface area contributed by atoms with Crippen molar-refractivity contribution in [1.82, 2.24) is 4.98 Å². The zero-order chi connectivity index (χ0) is 11.1. The van der Waals surface area contributed by atoms with Gasteiger partial charge in [-0.05, 0) is 30.4 Å².